The molecule has 0 bridgehead atoms. The minimum Gasteiger partial charge on any atom is -0.352 e. The van der Waals surface area contributed by atoms with E-state index in [0.29, 0.717) is 26.2 Å². The predicted octanol–water partition coefficient (Wildman–Crippen LogP) is 2.48. The van der Waals surface area contributed by atoms with Gasteiger partial charge in [0, 0.05) is 32.2 Å². The van der Waals surface area contributed by atoms with Crippen LogP contribution >= 0.6 is 11.6 Å². The third-order valence-corrected chi connectivity index (χ3v) is 8.00. The Hall–Kier alpha value is -1.15. The lowest BCUT2D eigenvalue weighted by molar-refractivity contribution is -0.127. The van der Waals surface area contributed by atoms with E-state index in [1.165, 1.54) is 29.6 Å². The second-order valence-electron chi connectivity index (χ2n) is 7.39. The highest BCUT2D eigenvalue weighted by Gasteiger charge is 2.33. The Labute approximate surface area is 166 Å². The van der Waals surface area contributed by atoms with Crippen LogP contribution in [0.3, 0.4) is 0 Å². The Morgan fingerprint density at radius 3 is 2.37 bits per heavy atom. The zero-order chi connectivity index (χ0) is 19.4. The van der Waals surface area contributed by atoms with Gasteiger partial charge in [0.1, 0.15) is 4.90 Å². The number of halogens is 1. The third-order valence-electron chi connectivity index (χ3n) is 5.61. The van der Waals surface area contributed by atoms with Gasteiger partial charge in [0.2, 0.25) is 15.9 Å². The number of rotatable bonds is 5. The Bertz CT molecular complexity index is 757. The van der Waals surface area contributed by atoms with Crippen LogP contribution in [0, 0.1) is 0 Å². The number of hydrogen-bond donors (Lipinski definition) is 1. The van der Waals surface area contributed by atoms with Crippen LogP contribution in [0.15, 0.2) is 29.2 Å². The van der Waals surface area contributed by atoms with Gasteiger partial charge in [-0.05, 0) is 31.9 Å². The molecule has 8 heteroatoms. The first kappa shape index (κ1) is 20.6. The summed E-state index contributed by atoms with van der Waals surface area (Å²) in [5.74, 6) is 0.0457. The fourth-order valence-corrected chi connectivity index (χ4v) is 5.77. The van der Waals surface area contributed by atoms with E-state index in [9.17, 15) is 13.2 Å². The summed E-state index contributed by atoms with van der Waals surface area (Å²) in [4.78, 5) is 14.7. The van der Waals surface area contributed by atoms with E-state index in [1.807, 2.05) is 6.92 Å². The number of piperazine rings is 1. The fourth-order valence-electron chi connectivity index (χ4n) is 3.86. The Kier molecular flexibility index (Phi) is 6.78. The summed E-state index contributed by atoms with van der Waals surface area (Å²) >= 11 is 6.07. The van der Waals surface area contributed by atoms with Crippen molar-refractivity contribution in [2.24, 2.45) is 0 Å². The standard InChI is InChI=1S/C19H28ClN3O3S/c1-15(19(24)21-16-7-3-2-4-8-16)22-11-13-23(14-12-22)27(25,26)18-10-6-5-9-17(18)20/h5-6,9-10,15-16H,2-4,7-8,11-14H2,1H3,(H,21,24)/t15-/m0/s1. The van der Waals surface area contributed by atoms with Crippen molar-refractivity contribution < 1.29 is 13.2 Å². The van der Waals surface area contributed by atoms with Crippen LogP contribution in [0.1, 0.15) is 39.0 Å². The number of benzene rings is 1. The van der Waals surface area contributed by atoms with E-state index in [4.69, 9.17) is 11.6 Å². The summed E-state index contributed by atoms with van der Waals surface area (Å²) in [5, 5.41) is 3.40. The van der Waals surface area contributed by atoms with Gasteiger partial charge in [-0.25, -0.2) is 8.42 Å². The van der Waals surface area contributed by atoms with Crippen LogP contribution < -0.4 is 5.32 Å². The predicted molar refractivity (Wildman–Crippen MR) is 106 cm³/mol. The van der Waals surface area contributed by atoms with Crippen LogP contribution in [0.4, 0.5) is 0 Å². The maximum atomic E-state index is 12.8. The van der Waals surface area contributed by atoms with Crippen LogP contribution in [-0.4, -0.2) is 61.8 Å². The van der Waals surface area contributed by atoms with Crippen LogP contribution in [0.25, 0.3) is 0 Å². The van der Waals surface area contributed by atoms with Crippen molar-refractivity contribution in [3.63, 3.8) is 0 Å². The second-order valence-corrected chi connectivity index (χ2v) is 9.70. The van der Waals surface area contributed by atoms with Crippen molar-refractivity contribution in [3.05, 3.63) is 29.3 Å². The quantitative estimate of drug-likeness (QED) is 0.805. The van der Waals surface area contributed by atoms with Gasteiger partial charge in [0.25, 0.3) is 0 Å². The van der Waals surface area contributed by atoms with Crippen molar-refractivity contribution in [2.45, 2.75) is 56.0 Å². The maximum absolute atomic E-state index is 12.8. The van der Waals surface area contributed by atoms with Gasteiger partial charge in [0.05, 0.1) is 11.1 Å². The molecular formula is C19H28ClN3O3S. The average Bonchev–Trinajstić information content (AvgIpc) is 2.68. The summed E-state index contributed by atoms with van der Waals surface area (Å²) in [5.41, 5.74) is 0. The van der Waals surface area contributed by atoms with Gasteiger partial charge < -0.3 is 5.32 Å². The summed E-state index contributed by atoms with van der Waals surface area (Å²) in [6.45, 7) is 3.67. The zero-order valence-corrected chi connectivity index (χ0v) is 17.3. The first-order valence-corrected chi connectivity index (χ1v) is 11.5. The highest BCUT2D eigenvalue weighted by atomic mass is 35.5. The Morgan fingerprint density at radius 2 is 1.74 bits per heavy atom. The third kappa shape index (κ3) is 4.83. The van der Waals surface area contributed by atoms with E-state index in [1.54, 1.807) is 18.2 Å². The van der Waals surface area contributed by atoms with Gasteiger partial charge in [-0.1, -0.05) is 43.0 Å². The van der Waals surface area contributed by atoms with Gasteiger partial charge in [-0.2, -0.15) is 4.31 Å². The van der Waals surface area contributed by atoms with E-state index in [-0.39, 0.29) is 27.9 Å². The number of nitrogens with one attached hydrogen (secondary N) is 1. The first-order valence-electron chi connectivity index (χ1n) is 9.68. The lowest BCUT2D eigenvalue weighted by Crippen LogP contribution is -2.55. The smallest absolute Gasteiger partial charge is 0.244 e. The number of sulfonamides is 1. The number of hydrogen-bond acceptors (Lipinski definition) is 4. The monoisotopic (exact) mass is 413 g/mol. The summed E-state index contributed by atoms with van der Waals surface area (Å²) in [6, 6.07) is 6.54. The van der Waals surface area contributed by atoms with Crippen molar-refractivity contribution >= 4 is 27.5 Å². The molecule has 6 nitrogen and oxygen atoms in total. The van der Waals surface area contributed by atoms with Crippen LogP contribution in [0.5, 0.6) is 0 Å². The van der Waals surface area contributed by atoms with Crippen molar-refractivity contribution in [3.8, 4) is 0 Å². The van der Waals surface area contributed by atoms with Gasteiger partial charge in [0.15, 0.2) is 0 Å². The molecule has 1 heterocycles. The Morgan fingerprint density at radius 1 is 1.11 bits per heavy atom. The lowest BCUT2D eigenvalue weighted by Gasteiger charge is -2.37. The first-order chi connectivity index (χ1) is 12.9. The summed E-state index contributed by atoms with van der Waals surface area (Å²) in [6.07, 6.45) is 5.73. The summed E-state index contributed by atoms with van der Waals surface area (Å²) < 4.78 is 27.1. The zero-order valence-electron chi connectivity index (χ0n) is 15.7. The molecule has 1 amide bonds. The molecule has 1 aliphatic heterocycles. The highest BCUT2D eigenvalue weighted by Crippen LogP contribution is 2.25. The Balaban J connectivity index is 1.56. The number of carbonyl (C=O) groups is 1. The average molecular weight is 414 g/mol. The molecular weight excluding hydrogens is 386 g/mol. The number of amides is 1. The van der Waals surface area contributed by atoms with Crippen LogP contribution in [-0.2, 0) is 14.8 Å². The minimum absolute atomic E-state index is 0.0457. The highest BCUT2D eigenvalue weighted by molar-refractivity contribution is 7.89. The molecule has 1 saturated carbocycles. The molecule has 1 aliphatic carbocycles. The number of carbonyl (C=O) groups excluding carboxylic acids is 1. The van der Waals surface area contributed by atoms with Gasteiger partial charge >= 0.3 is 0 Å². The molecule has 2 aliphatic rings. The molecule has 0 spiro atoms. The molecule has 1 atom stereocenters. The molecule has 1 saturated heterocycles. The summed E-state index contributed by atoms with van der Waals surface area (Å²) in [7, 11) is -3.61. The largest absolute Gasteiger partial charge is 0.352 e. The molecule has 0 aromatic heterocycles. The van der Waals surface area contributed by atoms with Crippen molar-refractivity contribution in [2.75, 3.05) is 26.2 Å². The molecule has 150 valence electrons. The van der Waals surface area contributed by atoms with Crippen molar-refractivity contribution in [1.29, 1.82) is 0 Å². The van der Waals surface area contributed by atoms with Gasteiger partial charge in [-0.3, -0.25) is 9.69 Å². The number of nitrogens with zero attached hydrogens (tertiary/aromatic N) is 2. The minimum atomic E-state index is -3.61. The van der Waals surface area contributed by atoms with Gasteiger partial charge in [-0.15, -0.1) is 0 Å². The molecule has 1 N–H and O–H groups in total. The maximum Gasteiger partial charge on any atom is 0.244 e. The van der Waals surface area contributed by atoms with Crippen molar-refractivity contribution in [1.82, 2.24) is 14.5 Å². The fraction of sp³-hybridized carbons (Fsp3) is 0.632. The molecule has 27 heavy (non-hydrogen) atoms. The lowest BCUT2D eigenvalue weighted by atomic mass is 9.95. The normalized spacial score (nSPS) is 21.7. The van der Waals surface area contributed by atoms with E-state index in [0.717, 1.165) is 12.8 Å². The van der Waals surface area contributed by atoms with E-state index in [2.05, 4.69) is 10.2 Å². The molecule has 1 aromatic carbocycles. The molecule has 0 radical (unpaired) electrons. The van der Waals surface area contributed by atoms with Crippen LogP contribution in [0.2, 0.25) is 5.02 Å². The molecule has 2 fully saturated rings. The second kappa shape index (κ2) is 8.90. The topological polar surface area (TPSA) is 69.7 Å². The molecule has 1 aromatic rings. The molecule has 3 rings (SSSR count). The molecule has 0 unspecified atom stereocenters. The van der Waals surface area contributed by atoms with E-state index < -0.39 is 10.0 Å². The SMILES string of the molecule is C[C@@H](C(=O)NC1CCCCC1)N1CCN(S(=O)(=O)c2ccccc2Cl)CC1. The van der Waals surface area contributed by atoms with E-state index >= 15 is 0 Å².